The average Bonchev–Trinajstić information content (AvgIpc) is 2.94. The predicted molar refractivity (Wildman–Crippen MR) is 105 cm³/mol. The molecule has 0 fully saturated rings. The summed E-state index contributed by atoms with van der Waals surface area (Å²) in [4.78, 5) is 1.95. The van der Waals surface area contributed by atoms with Crippen LogP contribution in [0, 0.1) is 20.8 Å². The molecule has 6 heteroatoms. The van der Waals surface area contributed by atoms with Gasteiger partial charge in [-0.25, -0.2) is 0 Å². The number of nitrogens with one attached hydrogen (secondary N) is 1. The summed E-state index contributed by atoms with van der Waals surface area (Å²) in [6, 6.07) is 7.26. The predicted octanol–water partition coefficient (Wildman–Crippen LogP) is 3.57. The molecule has 25 heavy (non-hydrogen) atoms. The second-order valence-corrected chi connectivity index (χ2v) is 6.80. The second kappa shape index (κ2) is 6.52. The first kappa shape index (κ1) is 17.5. The molecule has 0 amide bonds. The summed E-state index contributed by atoms with van der Waals surface area (Å²) in [5.74, 6) is 0.661. The van der Waals surface area contributed by atoms with Gasteiger partial charge in [0.05, 0.1) is 5.56 Å². The molecule has 0 spiro atoms. The fourth-order valence-corrected chi connectivity index (χ4v) is 3.36. The number of nitrogens with zero attached hydrogens (tertiary/aromatic N) is 2. The van der Waals surface area contributed by atoms with Crippen molar-refractivity contribution in [1.29, 1.82) is 0 Å². The molecule has 3 rings (SSSR count). The van der Waals surface area contributed by atoms with Crippen LogP contribution < -0.4 is 10.3 Å². The zero-order chi connectivity index (χ0) is 18.3. The Labute approximate surface area is 153 Å². The number of aromatic hydroxyl groups is 2. The van der Waals surface area contributed by atoms with Crippen molar-refractivity contribution < 1.29 is 10.2 Å². The summed E-state index contributed by atoms with van der Waals surface area (Å²) < 4.78 is 0. The molecule has 132 valence electrons. The summed E-state index contributed by atoms with van der Waals surface area (Å²) in [6.45, 7) is 8.20. The van der Waals surface area contributed by atoms with Gasteiger partial charge in [-0.3, -0.25) is 10.3 Å². The number of aryl methyl sites for hydroxylation is 2. The van der Waals surface area contributed by atoms with E-state index in [0.717, 1.165) is 16.8 Å². The molecule has 1 aliphatic heterocycles. The van der Waals surface area contributed by atoms with Crippen molar-refractivity contribution in [3.05, 3.63) is 52.1 Å². The summed E-state index contributed by atoms with van der Waals surface area (Å²) in [5.41, 5.74) is 8.52. The van der Waals surface area contributed by atoms with Crippen LogP contribution in [-0.4, -0.2) is 21.5 Å². The first-order valence-corrected chi connectivity index (χ1v) is 8.79. The van der Waals surface area contributed by atoms with Gasteiger partial charge in [-0.05, 0) is 61.6 Å². The van der Waals surface area contributed by atoms with Crippen molar-refractivity contribution in [2.45, 2.75) is 39.6 Å². The molecule has 0 saturated heterocycles. The van der Waals surface area contributed by atoms with Crippen LogP contribution in [0.2, 0.25) is 0 Å². The molecule has 1 atom stereocenters. The molecule has 0 aromatic heterocycles. The Balaban J connectivity index is 2.13. The van der Waals surface area contributed by atoms with E-state index in [9.17, 15) is 10.2 Å². The summed E-state index contributed by atoms with van der Waals surface area (Å²) in [5, 5.41) is 24.7. The fraction of sp³-hybridized carbons (Fsp3) is 0.316. The van der Waals surface area contributed by atoms with Crippen molar-refractivity contribution in [3.63, 3.8) is 0 Å². The van der Waals surface area contributed by atoms with E-state index in [2.05, 4.69) is 50.0 Å². The molecule has 2 aromatic carbocycles. The van der Waals surface area contributed by atoms with Crippen LogP contribution in [0.25, 0.3) is 0 Å². The van der Waals surface area contributed by atoms with Gasteiger partial charge >= 0.3 is 0 Å². The first-order chi connectivity index (χ1) is 11.8. The van der Waals surface area contributed by atoms with Gasteiger partial charge in [0.25, 0.3) is 0 Å². The van der Waals surface area contributed by atoms with Crippen LogP contribution in [0.4, 0.5) is 5.69 Å². The molecular weight excluding hydrogens is 334 g/mol. The molecule has 5 nitrogen and oxygen atoms in total. The smallest absolute Gasteiger partial charge is 0.166 e. The first-order valence-electron chi connectivity index (χ1n) is 8.27. The lowest BCUT2D eigenvalue weighted by molar-refractivity contribution is 0.445. The quantitative estimate of drug-likeness (QED) is 0.634. The molecule has 0 bridgehead atoms. The van der Waals surface area contributed by atoms with Gasteiger partial charge in [0, 0.05) is 11.8 Å². The van der Waals surface area contributed by atoms with Crippen LogP contribution in [0.5, 0.6) is 11.5 Å². The van der Waals surface area contributed by atoms with E-state index in [1.165, 1.54) is 17.2 Å². The van der Waals surface area contributed by atoms with Crippen LogP contribution in [0.15, 0.2) is 29.4 Å². The maximum absolute atomic E-state index is 10.4. The molecule has 0 saturated carbocycles. The van der Waals surface area contributed by atoms with Gasteiger partial charge in [-0.1, -0.05) is 13.0 Å². The van der Waals surface area contributed by atoms with Crippen LogP contribution in [-0.2, 0) is 6.42 Å². The molecule has 3 N–H and O–H groups in total. The standard InChI is InChI=1S/C19H23N3O2S/c1-5-13-8-14(17(24)9-16(13)23)18-20-21-19(25)22(18)15-7-6-10(2)11(3)12(15)4/h6-9,19,21,23-25H,5H2,1-4H3. The highest BCUT2D eigenvalue weighted by molar-refractivity contribution is 7.81. The maximum atomic E-state index is 10.4. The molecule has 1 unspecified atom stereocenters. The number of anilines is 1. The molecule has 1 aliphatic rings. The Hall–Kier alpha value is -2.34. The lowest BCUT2D eigenvalue weighted by Gasteiger charge is -2.27. The number of hydrazone groups is 1. The molecule has 1 heterocycles. The van der Waals surface area contributed by atoms with Gasteiger partial charge in [0.2, 0.25) is 0 Å². The summed E-state index contributed by atoms with van der Waals surface area (Å²) in [7, 11) is 0. The second-order valence-electron chi connectivity index (χ2n) is 6.31. The van der Waals surface area contributed by atoms with Gasteiger partial charge in [0.1, 0.15) is 11.5 Å². The van der Waals surface area contributed by atoms with E-state index in [-0.39, 0.29) is 17.0 Å². The van der Waals surface area contributed by atoms with Crippen molar-refractivity contribution in [1.82, 2.24) is 5.43 Å². The summed E-state index contributed by atoms with van der Waals surface area (Å²) in [6.07, 6.45) is 0.660. The lowest BCUT2D eigenvalue weighted by atomic mass is 10.0. The highest BCUT2D eigenvalue weighted by Gasteiger charge is 2.31. The minimum Gasteiger partial charge on any atom is -0.508 e. The van der Waals surface area contributed by atoms with Gasteiger partial charge in [-0.2, -0.15) is 5.10 Å². The lowest BCUT2D eigenvalue weighted by Crippen LogP contribution is -2.37. The number of phenols is 2. The van der Waals surface area contributed by atoms with Crippen LogP contribution >= 0.6 is 12.6 Å². The SMILES string of the molecule is CCc1cc(C2=NNC(S)N2c2ccc(C)c(C)c2C)c(O)cc1O. The van der Waals surface area contributed by atoms with Crippen molar-refractivity contribution >= 4 is 24.2 Å². The topological polar surface area (TPSA) is 68.1 Å². The maximum Gasteiger partial charge on any atom is 0.166 e. The third-order valence-electron chi connectivity index (χ3n) is 4.87. The minimum absolute atomic E-state index is 0.0100. The minimum atomic E-state index is -0.339. The van der Waals surface area contributed by atoms with Crippen LogP contribution in [0.3, 0.4) is 0 Å². The van der Waals surface area contributed by atoms with Gasteiger partial charge in [0.15, 0.2) is 11.3 Å². The van der Waals surface area contributed by atoms with E-state index in [0.29, 0.717) is 17.8 Å². The average molecular weight is 357 g/mol. The Morgan fingerprint density at radius 3 is 2.52 bits per heavy atom. The zero-order valence-corrected chi connectivity index (χ0v) is 15.7. The van der Waals surface area contributed by atoms with Gasteiger partial charge in [-0.15, -0.1) is 12.6 Å². The Bertz CT molecular complexity index is 864. The number of amidine groups is 1. The fourth-order valence-electron chi connectivity index (χ4n) is 3.07. The third kappa shape index (κ3) is 2.91. The third-order valence-corrected chi connectivity index (χ3v) is 5.21. The highest BCUT2D eigenvalue weighted by Crippen LogP contribution is 2.35. The number of hydrogen-bond donors (Lipinski definition) is 4. The number of phenolic OH excluding ortho intramolecular Hbond substituents is 2. The molecule has 2 aromatic rings. The normalized spacial score (nSPS) is 16.8. The Morgan fingerprint density at radius 1 is 1.12 bits per heavy atom. The zero-order valence-electron chi connectivity index (χ0n) is 14.8. The van der Waals surface area contributed by atoms with E-state index < -0.39 is 0 Å². The van der Waals surface area contributed by atoms with Crippen LogP contribution in [0.1, 0.15) is 34.7 Å². The van der Waals surface area contributed by atoms with E-state index in [1.807, 2.05) is 17.9 Å². The van der Waals surface area contributed by atoms with Crippen molar-refractivity contribution in [2.75, 3.05) is 4.90 Å². The largest absolute Gasteiger partial charge is 0.508 e. The van der Waals surface area contributed by atoms with E-state index >= 15 is 0 Å². The van der Waals surface area contributed by atoms with E-state index in [4.69, 9.17) is 0 Å². The van der Waals surface area contributed by atoms with Crippen molar-refractivity contribution in [2.24, 2.45) is 5.10 Å². The van der Waals surface area contributed by atoms with Gasteiger partial charge < -0.3 is 10.2 Å². The molecule has 0 radical (unpaired) electrons. The monoisotopic (exact) mass is 357 g/mol. The molecule has 0 aliphatic carbocycles. The molecular formula is C19H23N3O2S. The summed E-state index contributed by atoms with van der Waals surface area (Å²) >= 11 is 4.59. The number of hydrogen-bond acceptors (Lipinski definition) is 6. The highest BCUT2D eigenvalue weighted by atomic mass is 32.1. The van der Waals surface area contributed by atoms with Crippen molar-refractivity contribution in [3.8, 4) is 11.5 Å². The Kier molecular flexibility index (Phi) is 4.56. The number of rotatable bonds is 3. The number of thiol groups is 1. The Morgan fingerprint density at radius 2 is 1.84 bits per heavy atom. The van der Waals surface area contributed by atoms with E-state index in [1.54, 1.807) is 6.07 Å². The number of benzene rings is 2.